The Morgan fingerprint density at radius 3 is 2.88 bits per heavy atom. The molecule has 0 bridgehead atoms. The van der Waals surface area contributed by atoms with Crippen molar-refractivity contribution in [2.24, 2.45) is 7.05 Å². The van der Waals surface area contributed by atoms with Crippen LogP contribution in [0.5, 0.6) is 0 Å². The number of rotatable bonds is 3. The van der Waals surface area contributed by atoms with Gasteiger partial charge in [0.2, 0.25) is 0 Å². The summed E-state index contributed by atoms with van der Waals surface area (Å²) < 4.78 is 2.68. The molecule has 0 amide bonds. The van der Waals surface area contributed by atoms with Gasteiger partial charge in [-0.1, -0.05) is 0 Å². The first-order valence-electron chi connectivity index (χ1n) is 4.98. The lowest BCUT2D eigenvalue weighted by Gasteiger charge is -2.05. The number of nitrogens with zero attached hydrogens (tertiary/aromatic N) is 3. The Labute approximate surface area is 103 Å². The van der Waals surface area contributed by atoms with Gasteiger partial charge in [-0.05, 0) is 34.5 Å². The number of aromatic nitrogens is 3. The molecular weight excluding hydrogens is 268 g/mol. The van der Waals surface area contributed by atoms with E-state index < -0.39 is 0 Å². The molecule has 84 valence electrons. The molecule has 0 fully saturated rings. The van der Waals surface area contributed by atoms with Gasteiger partial charge in [0.05, 0.1) is 18.1 Å². The minimum absolute atomic E-state index is 0.761. The van der Waals surface area contributed by atoms with Crippen molar-refractivity contribution in [2.45, 2.75) is 13.5 Å². The Balaban J connectivity index is 2.02. The largest absolute Gasteiger partial charge is 0.380 e. The molecule has 0 aliphatic carbocycles. The number of anilines is 1. The summed E-state index contributed by atoms with van der Waals surface area (Å²) in [5, 5.41) is 7.42. The fourth-order valence-electron chi connectivity index (χ4n) is 1.42. The third-order valence-corrected chi connectivity index (χ3v) is 3.10. The van der Waals surface area contributed by atoms with Crippen LogP contribution in [-0.4, -0.2) is 14.8 Å². The molecule has 2 heterocycles. The van der Waals surface area contributed by atoms with Crippen LogP contribution in [0.4, 0.5) is 5.69 Å². The molecule has 0 atom stereocenters. The summed E-state index contributed by atoms with van der Waals surface area (Å²) in [7, 11) is 1.91. The predicted molar refractivity (Wildman–Crippen MR) is 67.2 cm³/mol. The molecule has 0 aromatic carbocycles. The van der Waals surface area contributed by atoms with Gasteiger partial charge in [-0.3, -0.25) is 4.68 Å². The zero-order chi connectivity index (χ0) is 11.5. The van der Waals surface area contributed by atoms with Crippen LogP contribution < -0.4 is 5.32 Å². The standard InChI is InChI=1S/C11H13BrN4/c1-8-3-10(6-14-11(8)12)13-4-9-5-15-16(2)7-9/h3,5-7,13H,4H2,1-2H3. The van der Waals surface area contributed by atoms with Crippen molar-refractivity contribution < 1.29 is 0 Å². The van der Waals surface area contributed by atoms with E-state index in [9.17, 15) is 0 Å². The Morgan fingerprint density at radius 1 is 1.44 bits per heavy atom. The molecule has 4 nitrogen and oxygen atoms in total. The maximum Gasteiger partial charge on any atom is 0.109 e. The highest BCUT2D eigenvalue weighted by molar-refractivity contribution is 9.10. The van der Waals surface area contributed by atoms with E-state index in [2.05, 4.69) is 37.4 Å². The van der Waals surface area contributed by atoms with Gasteiger partial charge in [-0.25, -0.2) is 4.98 Å². The second-order valence-electron chi connectivity index (χ2n) is 3.71. The van der Waals surface area contributed by atoms with E-state index in [1.165, 1.54) is 0 Å². The summed E-state index contributed by atoms with van der Waals surface area (Å²) in [5.41, 5.74) is 3.30. The average molecular weight is 281 g/mol. The summed E-state index contributed by atoms with van der Waals surface area (Å²) in [6, 6.07) is 2.06. The van der Waals surface area contributed by atoms with Crippen LogP contribution >= 0.6 is 15.9 Å². The van der Waals surface area contributed by atoms with Crippen LogP contribution in [-0.2, 0) is 13.6 Å². The number of halogens is 1. The van der Waals surface area contributed by atoms with Crippen molar-refractivity contribution >= 4 is 21.6 Å². The van der Waals surface area contributed by atoms with Gasteiger partial charge in [-0.2, -0.15) is 5.10 Å². The van der Waals surface area contributed by atoms with Gasteiger partial charge in [-0.15, -0.1) is 0 Å². The predicted octanol–water partition coefficient (Wildman–Crippen LogP) is 2.50. The van der Waals surface area contributed by atoms with E-state index in [4.69, 9.17) is 0 Å². The minimum atomic E-state index is 0.761. The van der Waals surface area contributed by atoms with Gasteiger partial charge in [0.1, 0.15) is 4.60 Å². The zero-order valence-electron chi connectivity index (χ0n) is 9.24. The first kappa shape index (κ1) is 11.1. The molecule has 2 aromatic rings. The molecule has 0 unspecified atom stereocenters. The van der Waals surface area contributed by atoms with E-state index in [0.717, 1.165) is 28.0 Å². The minimum Gasteiger partial charge on any atom is -0.380 e. The Morgan fingerprint density at radius 2 is 2.25 bits per heavy atom. The Kier molecular flexibility index (Phi) is 3.24. The first-order valence-corrected chi connectivity index (χ1v) is 5.78. The van der Waals surface area contributed by atoms with E-state index in [0.29, 0.717) is 0 Å². The van der Waals surface area contributed by atoms with E-state index in [1.807, 2.05) is 32.6 Å². The molecule has 5 heteroatoms. The molecule has 2 aromatic heterocycles. The lowest BCUT2D eigenvalue weighted by Crippen LogP contribution is -1.99. The lowest BCUT2D eigenvalue weighted by atomic mass is 10.3. The molecule has 0 aliphatic rings. The van der Waals surface area contributed by atoms with Crippen LogP contribution in [0.15, 0.2) is 29.3 Å². The fraction of sp³-hybridized carbons (Fsp3) is 0.273. The third-order valence-electron chi connectivity index (χ3n) is 2.27. The van der Waals surface area contributed by atoms with Crippen molar-refractivity contribution in [3.8, 4) is 0 Å². The molecule has 1 N–H and O–H groups in total. The van der Waals surface area contributed by atoms with Gasteiger partial charge in [0.25, 0.3) is 0 Å². The number of hydrogen-bond donors (Lipinski definition) is 1. The lowest BCUT2D eigenvalue weighted by molar-refractivity contribution is 0.767. The van der Waals surface area contributed by atoms with Crippen molar-refractivity contribution in [3.05, 3.63) is 40.4 Å². The van der Waals surface area contributed by atoms with Crippen molar-refractivity contribution in [1.82, 2.24) is 14.8 Å². The molecule has 0 radical (unpaired) electrons. The average Bonchev–Trinajstić information content (AvgIpc) is 2.66. The smallest absolute Gasteiger partial charge is 0.109 e. The molecular formula is C11H13BrN4. The maximum atomic E-state index is 4.23. The zero-order valence-corrected chi connectivity index (χ0v) is 10.8. The van der Waals surface area contributed by atoms with Crippen LogP contribution in [0, 0.1) is 6.92 Å². The molecule has 2 rings (SSSR count). The van der Waals surface area contributed by atoms with Crippen molar-refractivity contribution in [2.75, 3.05) is 5.32 Å². The van der Waals surface area contributed by atoms with Crippen LogP contribution in [0.25, 0.3) is 0 Å². The van der Waals surface area contributed by atoms with E-state index in [1.54, 1.807) is 4.68 Å². The second-order valence-corrected chi connectivity index (χ2v) is 4.46. The molecule has 0 saturated heterocycles. The number of aryl methyl sites for hydroxylation is 2. The van der Waals surface area contributed by atoms with Crippen molar-refractivity contribution in [1.29, 1.82) is 0 Å². The highest BCUT2D eigenvalue weighted by atomic mass is 79.9. The quantitative estimate of drug-likeness (QED) is 0.879. The molecule has 16 heavy (non-hydrogen) atoms. The highest BCUT2D eigenvalue weighted by Crippen LogP contribution is 2.17. The topological polar surface area (TPSA) is 42.7 Å². The third kappa shape index (κ3) is 2.61. The molecule has 0 saturated carbocycles. The van der Waals surface area contributed by atoms with E-state index >= 15 is 0 Å². The SMILES string of the molecule is Cc1cc(NCc2cnn(C)c2)cnc1Br. The van der Waals surface area contributed by atoms with Gasteiger partial charge < -0.3 is 5.32 Å². The summed E-state index contributed by atoms with van der Waals surface area (Å²) >= 11 is 3.38. The summed E-state index contributed by atoms with van der Waals surface area (Å²) in [6.45, 7) is 2.78. The molecule has 0 spiro atoms. The van der Waals surface area contributed by atoms with E-state index in [-0.39, 0.29) is 0 Å². The second kappa shape index (κ2) is 4.65. The van der Waals surface area contributed by atoms with Gasteiger partial charge in [0.15, 0.2) is 0 Å². The normalized spacial score (nSPS) is 10.4. The van der Waals surface area contributed by atoms with Crippen molar-refractivity contribution in [3.63, 3.8) is 0 Å². The van der Waals surface area contributed by atoms with Gasteiger partial charge >= 0.3 is 0 Å². The number of hydrogen-bond acceptors (Lipinski definition) is 3. The Bertz CT molecular complexity index is 492. The molecule has 0 aliphatic heterocycles. The maximum absolute atomic E-state index is 4.23. The van der Waals surface area contributed by atoms with Crippen LogP contribution in [0.3, 0.4) is 0 Å². The highest BCUT2D eigenvalue weighted by Gasteiger charge is 1.99. The summed E-state index contributed by atoms with van der Waals surface area (Å²) in [4.78, 5) is 4.23. The number of nitrogens with one attached hydrogen (secondary N) is 1. The fourth-order valence-corrected chi connectivity index (χ4v) is 1.64. The van der Waals surface area contributed by atoms with Crippen LogP contribution in [0.1, 0.15) is 11.1 Å². The van der Waals surface area contributed by atoms with Gasteiger partial charge in [0, 0.05) is 25.4 Å². The van der Waals surface area contributed by atoms with Crippen LogP contribution in [0.2, 0.25) is 0 Å². The monoisotopic (exact) mass is 280 g/mol. The summed E-state index contributed by atoms with van der Waals surface area (Å²) in [6.07, 6.45) is 5.66. The first-order chi connectivity index (χ1) is 7.65. The summed E-state index contributed by atoms with van der Waals surface area (Å²) in [5.74, 6) is 0. The Hall–Kier alpha value is -1.36. The number of pyridine rings is 1.